The SMILES string of the molecule is O=C(NC[C@@H]1CCO[C@@H](c2cccc(-c3ccc(Cl)cc3)c2)C(=O)N1)c1ccccn1. The molecule has 3 aromatic rings. The molecule has 7 heteroatoms. The maximum Gasteiger partial charge on any atom is 0.269 e. The molecule has 0 saturated carbocycles. The Labute approximate surface area is 185 Å². The van der Waals surface area contributed by atoms with E-state index in [1.54, 1.807) is 24.4 Å². The molecule has 0 radical (unpaired) electrons. The van der Waals surface area contributed by atoms with Crippen molar-refractivity contribution in [1.82, 2.24) is 15.6 Å². The van der Waals surface area contributed by atoms with Crippen molar-refractivity contribution in [3.05, 3.63) is 89.2 Å². The van der Waals surface area contributed by atoms with Crippen LogP contribution in [-0.2, 0) is 9.53 Å². The summed E-state index contributed by atoms with van der Waals surface area (Å²) in [5.41, 5.74) is 3.11. The molecule has 158 valence electrons. The molecule has 1 aromatic heterocycles. The number of ether oxygens (including phenoxy) is 1. The van der Waals surface area contributed by atoms with Gasteiger partial charge in [-0.15, -0.1) is 0 Å². The Kier molecular flexibility index (Phi) is 6.60. The Morgan fingerprint density at radius 2 is 1.94 bits per heavy atom. The average molecular weight is 436 g/mol. The van der Waals surface area contributed by atoms with Gasteiger partial charge in [0.1, 0.15) is 5.69 Å². The lowest BCUT2D eigenvalue weighted by Gasteiger charge is -2.18. The number of halogens is 1. The summed E-state index contributed by atoms with van der Waals surface area (Å²) in [6.45, 7) is 0.709. The maximum atomic E-state index is 12.9. The molecule has 0 bridgehead atoms. The van der Waals surface area contributed by atoms with Crippen LogP contribution in [0.3, 0.4) is 0 Å². The van der Waals surface area contributed by atoms with E-state index in [4.69, 9.17) is 16.3 Å². The number of nitrogens with one attached hydrogen (secondary N) is 2. The number of aromatic nitrogens is 1. The third-order valence-electron chi connectivity index (χ3n) is 5.11. The second kappa shape index (κ2) is 9.73. The van der Waals surface area contributed by atoms with E-state index >= 15 is 0 Å². The highest BCUT2D eigenvalue weighted by Crippen LogP contribution is 2.27. The first-order valence-corrected chi connectivity index (χ1v) is 10.4. The Morgan fingerprint density at radius 3 is 2.71 bits per heavy atom. The van der Waals surface area contributed by atoms with E-state index in [0.29, 0.717) is 30.3 Å². The summed E-state index contributed by atoms with van der Waals surface area (Å²) in [7, 11) is 0. The number of hydrogen-bond donors (Lipinski definition) is 2. The van der Waals surface area contributed by atoms with Crippen LogP contribution in [0, 0.1) is 0 Å². The fraction of sp³-hybridized carbons (Fsp3) is 0.208. The predicted octanol–water partition coefficient (Wildman–Crippen LogP) is 3.78. The molecule has 2 aromatic carbocycles. The summed E-state index contributed by atoms with van der Waals surface area (Å²) >= 11 is 5.98. The largest absolute Gasteiger partial charge is 0.364 e. The maximum absolute atomic E-state index is 12.9. The molecular formula is C24H22ClN3O3. The fourth-order valence-electron chi connectivity index (χ4n) is 3.48. The number of benzene rings is 2. The van der Waals surface area contributed by atoms with Crippen molar-refractivity contribution in [2.24, 2.45) is 0 Å². The van der Waals surface area contributed by atoms with E-state index < -0.39 is 6.10 Å². The van der Waals surface area contributed by atoms with Gasteiger partial charge >= 0.3 is 0 Å². The van der Waals surface area contributed by atoms with Crippen LogP contribution in [0.1, 0.15) is 28.6 Å². The molecule has 1 saturated heterocycles. The van der Waals surface area contributed by atoms with E-state index in [2.05, 4.69) is 15.6 Å². The number of amides is 2. The van der Waals surface area contributed by atoms with Gasteiger partial charge in [0.15, 0.2) is 6.10 Å². The van der Waals surface area contributed by atoms with E-state index in [0.717, 1.165) is 16.7 Å². The quantitative estimate of drug-likeness (QED) is 0.639. The van der Waals surface area contributed by atoms with Crippen molar-refractivity contribution in [3.8, 4) is 11.1 Å². The van der Waals surface area contributed by atoms with Gasteiger partial charge in [-0.05, 0) is 53.4 Å². The Bertz CT molecular complexity index is 1060. The number of carbonyl (C=O) groups excluding carboxylic acids is 2. The van der Waals surface area contributed by atoms with Crippen LogP contribution in [0.5, 0.6) is 0 Å². The summed E-state index contributed by atoms with van der Waals surface area (Å²) in [4.78, 5) is 29.1. The topological polar surface area (TPSA) is 80.3 Å². The monoisotopic (exact) mass is 435 g/mol. The van der Waals surface area contributed by atoms with Gasteiger partial charge in [-0.2, -0.15) is 0 Å². The first kappa shape index (κ1) is 21.0. The van der Waals surface area contributed by atoms with Gasteiger partial charge < -0.3 is 15.4 Å². The van der Waals surface area contributed by atoms with E-state index in [9.17, 15) is 9.59 Å². The van der Waals surface area contributed by atoms with Gasteiger partial charge in [0, 0.05) is 23.8 Å². The van der Waals surface area contributed by atoms with Crippen molar-refractivity contribution in [2.45, 2.75) is 18.6 Å². The van der Waals surface area contributed by atoms with E-state index in [-0.39, 0.29) is 17.9 Å². The smallest absolute Gasteiger partial charge is 0.269 e. The minimum atomic E-state index is -0.705. The molecule has 1 aliphatic heterocycles. The zero-order valence-corrected chi connectivity index (χ0v) is 17.5. The molecule has 0 spiro atoms. The molecule has 31 heavy (non-hydrogen) atoms. The summed E-state index contributed by atoms with van der Waals surface area (Å²) in [5, 5.41) is 6.48. The Hall–Kier alpha value is -3.22. The molecule has 2 N–H and O–H groups in total. The first-order valence-electron chi connectivity index (χ1n) is 10.1. The van der Waals surface area contributed by atoms with E-state index in [1.165, 1.54) is 0 Å². The van der Waals surface area contributed by atoms with Crippen LogP contribution in [0.15, 0.2) is 72.9 Å². The fourth-order valence-corrected chi connectivity index (χ4v) is 3.61. The second-order valence-corrected chi connectivity index (χ2v) is 7.74. The van der Waals surface area contributed by atoms with Crippen molar-refractivity contribution >= 4 is 23.4 Å². The molecule has 2 amide bonds. The number of rotatable bonds is 5. The normalized spacial score (nSPS) is 18.7. The third kappa shape index (κ3) is 5.29. The summed E-state index contributed by atoms with van der Waals surface area (Å²) < 4.78 is 5.87. The number of pyridine rings is 1. The molecular weight excluding hydrogens is 414 g/mol. The lowest BCUT2D eigenvalue weighted by atomic mass is 10.0. The van der Waals surface area contributed by atoms with Crippen LogP contribution in [-0.4, -0.2) is 36.0 Å². The number of nitrogens with zero attached hydrogens (tertiary/aromatic N) is 1. The zero-order chi connectivity index (χ0) is 21.6. The summed E-state index contributed by atoms with van der Waals surface area (Å²) in [5.74, 6) is -0.491. The lowest BCUT2D eigenvalue weighted by Crippen LogP contribution is -2.44. The molecule has 4 rings (SSSR count). The first-order chi connectivity index (χ1) is 15.1. The van der Waals surface area contributed by atoms with Gasteiger partial charge in [0.25, 0.3) is 11.8 Å². The van der Waals surface area contributed by atoms with Crippen LogP contribution >= 0.6 is 11.6 Å². The predicted molar refractivity (Wildman–Crippen MR) is 119 cm³/mol. The van der Waals surface area contributed by atoms with Gasteiger partial charge in [-0.1, -0.05) is 48.0 Å². The van der Waals surface area contributed by atoms with Gasteiger partial charge in [-0.3, -0.25) is 14.6 Å². The second-order valence-electron chi connectivity index (χ2n) is 7.30. The molecule has 0 unspecified atom stereocenters. The molecule has 1 aliphatic rings. The van der Waals surface area contributed by atoms with Crippen molar-refractivity contribution in [2.75, 3.05) is 13.2 Å². The standard InChI is InChI=1S/C24H22ClN3O3/c25-19-9-7-16(8-10-19)17-4-3-5-18(14-17)22-24(30)28-20(11-13-31-22)15-27-23(29)21-6-1-2-12-26-21/h1-10,12,14,20,22H,11,13,15H2,(H,27,29)(H,28,30)/t20-,22-/m0/s1. The van der Waals surface area contributed by atoms with Gasteiger partial charge in [0.05, 0.1) is 6.61 Å². The highest BCUT2D eigenvalue weighted by Gasteiger charge is 2.28. The van der Waals surface area contributed by atoms with Crippen molar-refractivity contribution < 1.29 is 14.3 Å². The van der Waals surface area contributed by atoms with Crippen molar-refractivity contribution in [1.29, 1.82) is 0 Å². The van der Waals surface area contributed by atoms with Crippen LogP contribution in [0.4, 0.5) is 0 Å². The molecule has 1 fully saturated rings. The van der Waals surface area contributed by atoms with Gasteiger partial charge in [0.2, 0.25) is 0 Å². The minimum absolute atomic E-state index is 0.218. The molecule has 2 atom stereocenters. The average Bonchev–Trinajstić information content (AvgIpc) is 2.99. The summed E-state index contributed by atoms with van der Waals surface area (Å²) in [6.07, 6.45) is 1.46. The van der Waals surface area contributed by atoms with E-state index in [1.807, 2.05) is 48.5 Å². The molecule has 2 heterocycles. The highest BCUT2D eigenvalue weighted by molar-refractivity contribution is 6.30. The molecule has 6 nitrogen and oxygen atoms in total. The van der Waals surface area contributed by atoms with Gasteiger partial charge in [-0.25, -0.2) is 0 Å². The Morgan fingerprint density at radius 1 is 1.10 bits per heavy atom. The number of hydrogen-bond acceptors (Lipinski definition) is 4. The van der Waals surface area contributed by atoms with Crippen LogP contribution < -0.4 is 10.6 Å². The lowest BCUT2D eigenvalue weighted by molar-refractivity contribution is -0.131. The highest BCUT2D eigenvalue weighted by atomic mass is 35.5. The zero-order valence-electron chi connectivity index (χ0n) is 16.8. The van der Waals surface area contributed by atoms with Crippen LogP contribution in [0.2, 0.25) is 5.02 Å². The number of carbonyl (C=O) groups is 2. The van der Waals surface area contributed by atoms with Crippen molar-refractivity contribution in [3.63, 3.8) is 0 Å². The van der Waals surface area contributed by atoms with Crippen LogP contribution in [0.25, 0.3) is 11.1 Å². The minimum Gasteiger partial charge on any atom is -0.364 e. The third-order valence-corrected chi connectivity index (χ3v) is 5.36. The molecule has 0 aliphatic carbocycles. The summed E-state index contributed by atoms with van der Waals surface area (Å²) in [6, 6.07) is 20.2. The Balaban J connectivity index is 1.41.